The molecule has 0 radical (unpaired) electrons. The molecule has 0 aliphatic carbocycles. The maximum Gasteiger partial charge on any atom is 0.129 e. The molecule has 0 aliphatic rings. The summed E-state index contributed by atoms with van der Waals surface area (Å²) in [5, 5.41) is 18.5. The Morgan fingerprint density at radius 2 is 1.96 bits per heavy atom. The van der Waals surface area contributed by atoms with Crippen LogP contribution in [0.2, 0.25) is 0 Å². The molecule has 0 aromatic heterocycles. The monoisotopic (exact) mass is 314 g/mol. The minimum atomic E-state index is -0.415. The first kappa shape index (κ1) is 16.9. The minimum absolute atomic E-state index is 0.0826. The molecule has 0 amide bonds. The van der Waals surface area contributed by atoms with Gasteiger partial charge in [-0.1, -0.05) is 18.2 Å². The molecule has 4 nitrogen and oxygen atoms in total. The highest BCUT2D eigenvalue weighted by molar-refractivity contribution is 5.33. The molecule has 0 fully saturated rings. The van der Waals surface area contributed by atoms with Crippen LogP contribution >= 0.6 is 0 Å². The predicted octanol–water partition coefficient (Wildman–Crippen LogP) is 2.87. The Hall–Kier alpha value is -2.42. The zero-order valence-electron chi connectivity index (χ0n) is 13.2. The summed E-state index contributed by atoms with van der Waals surface area (Å²) in [7, 11) is 3.42. The fourth-order valence-electron chi connectivity index (χ4n) is 2.45. The summed E-state index contributed by atoms with van der Waals surface area (Å²) in [4.78, 5) is 1.87. The number of aliphatic hydroxyl groups excluding tert-OH is 1. The van der Waals surface area contributed by atoms with E-state index in [0.717, 1.165) is 11.3 Å². The maximum absolute atomic E-state index is 14.0. The first-order valence-corrected chi connectivity index (χ1v) is 7.22. The Kier molecular flexibility index (Phi) is 5.69. The lowest BCUT2D eigenvalue weighted by atomic mass is 10.0. The van der Waals surface area contributed by atoms with E-state index in [1.807, 2.05) is 42.3 Å². The summed E-state index contributed by atoms with van der Waals surface area (Å²) in [6.45, 7) is 0.246. The second-order valence-electron chi connectivity index (χ2n) is 5.30. The molecule has 1 atom stereocenters. The third-order valence-corrected chi connectivity index (χ3v) is 3.81. The first-order valence-electron chi connectivity index (χ1n) is 7.22. The van der Waals surface area contributed by atoms with Crippen molar-refractivity contribution in [1.29, 1.82) is 5.26 Å². The van der Waals surface area contributed by atoms with Crippen LogP contribution in [0.15, 0.2) is 42.5 Å². The Morgan fingerprint density at radius 1 is 1.26 bits per heavy atom. The standard InChI is InChI=1S/C18H19FN2O2/c1-21(11-15-4-3-13(10-20)9-17(15)19)18(12-22)14-5-7-16(23-2)8-6-14/h3-9,18,22H,11-12H2,1-2H3. The molecular weight excluding hydrogens is 295 g/mol. The van der Waals surface area contributed by atoms with Gasteiger partial charge in [-0.2, -0.15) is 5.26 Å². The Balaban J connectivity index is 2.16. The first-order chi connectivity index (χ1) is 11.1. The fourth-order valence-corrected chi connectivity index (χ4v) is 2.45. The summed E-state index contributed by atoms with van der Waals surface area (Å²) in [5.41, 5.74) is 1.70. The number of nitriles is 1. The van der Waals surface area contributed by atoms with Crippen molar-refractivity contribution in [3.63, 3.8) is 0 Å². The molecule has 5 heteroatoms. The van der Waals surface area contributed by atoms with Crippen molar-refractivity contribution in [1.82, 2.24) is 4.90 Å². The van der Waals surface area contributed by atoms with Crippen molar-refractivity contribution in [2.45, 2.75) is 12.6 Å². The third kappa shape index (κ3) is 4.07. The van der Waals surface area contributed by atoms with Crippen molar-refractivity contribution in [2.75, 3.05) is 20.8 Å². The lowest BCUT2D eigenvalue weighted by molar-refractivity contribution is 0.141. The Bertz CT molecular complexity index is 695. The lowest BCUT2D eigenvalue weighted by Gasteiger charge is -2.27. The Labute approximate surface area is 135 Å². The summed E-state index contributed by atoms with van der Waals surface area (Å²) < 4.78 is 19.1. The summed E-state index contributed by atoms with van der Waals surface area (Å²) in [6, 6.07) is 13.5. The van der Waals surface area contributed by atoms with Gasteiger partial charge in [-0.15, -0.1) is 0 Å². The van der Waals surface area contributed by atoms with Crippen LogP contribution in [-0.2, 0) is 6.54 Å². The van der Waals surface area contributed by atoms with Gasteiger partial charge >= 0.3 is 0 Å². The van der Waals surface area contributed by atoms with Crippen LogP contribution in [-0.4, -0.2) is 30.8 Å². The second kappa shape index (κ2) is 7.73. The molecule has 0 heterocycles. The third-order valence-electron chi connectivity index (χ3n) is 3.81. The second-order valence-corrected chi connectivity index (χ2v) is 5.30. The number of methoxy groups -OCH3 is 1. The van der Waals surface area contributed by atoms with Crippen LogP contribution < -0.4 is 4.74 Å². The molecule has 1 N–H and O–H groups in total. The molecule has 2 aromatic rings. The van der Waals surface area contributed by atoms with Crippen LogP contribution in [0.25, 0.3) is 0 Å². The number of ether oxygens (including phenoxy) is 1. The van der Waals surface area contributed by atoms with E-state index in [2.05, 4.69) is 0 Å². The smallest absolute Gasteiger partial charge is 0.129 e. The van der Waals surface area contributed by atoms with Gasteiger partial charge in [-0.05, 0) is 36.9 Å². The highest BCUT2D eigenvalue weighted by Crippen LogP contribution is 2.24. The van der Waals surface area contributed by atoms with Crippen LogP contribution in [0.1, 0.15) is 22.7 Å². The largest absolute Gasteiger partial charge is 0.497 e. The number of nitrogens with zero attached hydrogens (tertiary/aromatic N) is 2. The number of likely N-dealkylation sites (N-methyl/N-ethyl adjacent to an activating group) is 1. The highest BCUT2D eigenvalue weighted by Gasteiger charge is 2.18. The van der Waals surface area contributed by atoms with E-state index in [1.54, 1.807) is 19.2 Å². The maximum atomic E-state index is 14.0. The number of aliphatic hydroxyl groups is 1. The molecule has 2 rings (SSSR count). The molecule has 0 spiro atoms. The van der Waals surface area contributed by atoms with Crippen LogP contribution in [0.4, 0.5) is 4.39 Å². The van der Waals surface area contributed by atoms with E-state index < -0.39 is 5.82 Å². The van der Waals surface area contributed by atoms with Gasteiger partial charge in [0.1, 0.15) is 11.6 Å². The normalized spacial score (nSPS) is 12.0. The van der Waals surface area contributed by atoms with Gasteiger partial charge in [-0.25, -0.2) is 4.39 Å². The van der Waals surface area contributed by atoms with Gasteiger partial charge in [0, 0.05) is 12.1 Å². The molecule has 0 aliphatic heterocycles. The number of halogens is 1. The van der Waals surface area contributed by atoms with E-state index in [4.69, 9.17) is 10.00 Å². The lowest BCUT2D eigenvalue weighted by Crippen LogP contribution is -2.27. The van der Waals surface area contributed by atoms with Crippen molar-refractivity contribution >= 4 is 0 Å². The predicted molar refractivity (Wildman–Crippen MR) is 85.4 cm³/mol. The van der Waals surface area contributed by atoms with E-state index >= 15 is 0 Å². The van der Waals surface area contributed by atoms with Crippen molar-refractivity contribution in [3.05, 3.63) is 65.0 Å². The summed E-state index contributed by atoms with van der Waals surface area (Å²) in [5.74, 6) is 0.327. The van der Waals surface area contributed by atoms with Crippen LogP contribution in [0.5, 0.6) is 5.75 Å². The molecule has 0 saturated carbocycles. The van der Waals surface area contributed by atoms with Gasteiger partial charge in [-0.3, -0.25) is 4.90 Å². The van der Waals surface area contributed by atoms with E-state index in [9.17, 15) is 9.50 Å². The number of benzene rings is 2. The van der Waals surface area contributed by atoms with Gasteiger partial charge in [0.15, 0.2) is 0 Å². The molecule has 23 heavy (non-hydrogen) atoms. The Morgan fingerprint density at radius 3 is 2.48 bits per heavy atom. The zero-order chi connectivity index (χ0) is 16.8. The van der Waals surface area contributed by atoms with Gasteiger partial charge in [0.25, 0.3) is 0 Å². The van der Waals surface area contributed by atoms with Crippen molar-refractivity contribution < 1.29 is 14.2 Å². The van der Waals surface area contributed by atoms with Gasteiger partial charge in [0.2, 0.25) is 0 Å². The topological polar surface area (TPSA) is 56.5 Å². The van der Waals surface area contributed by atoms with Crippen LogP contribution in [0, 0.1) is 17.1 Å². The number of hydrogen-bond acceptors (Lipinski definition) is 4. The number of hydrogen-bond donors (Lipinski definition) is 1. The van der Waals surface area contributed by atoms with Gasteiger partial charge < -0.3 is 9.84 Å². The molecule has 0 saturated heterocycles. The number of rotatable bonds is 6. The average Bonchev–Trinajstić information content (AvgIpc) is 2.58. The van der Waals surface area contributed by atoms with E-state index in [0.29, 0.717) is 17.7 Å². The fraction of sp³-hybridized carbons (Fsp3) is 0.278. The molecule has 0 bridgehead atoms. The molecule has 2 aromatic carbocycles. The summed E-state index contributed by atoms with van der Waals surface area (Å²) in [6.07, 6.45) is 0. The molecule has 120 valence electrons. The summed E-state index contributed by atoms with van der Waals surface area (Å²) >= 11 is 0. The molecule has 1 unspecified atom stereocenters. The van der Waals surface area contributed by atoms with Crippen molar-refractivity contribution in [3.8, 4) is 11.8 Å². The average molecular weight is 314 g/mol. The van der Waals surface area contributed by atoms with E-state index in [1.165, 1.54) is 6.07 Å². The zero-order valence-corrected chi connectivity index (χ0v) is 13.2. The van der Waals surface area contributed by atoms with E-state index in [-0.39, 0.29) is 12.6 Å². The SMILES string of the molecule is COc1ccc(C(CO)N(C)Cc2ccc(C#N)cc2F)cc1. The quantitative estimate of drug-likeness (QED) is 0.891. The highest BCUT2D eigenvalue weighted by atomic mass is 19.1. The molecular formula is C18H19FN2O2. The van der Waals surface area contributed by atoms with Gasteiger partial charge in [0.05, 0.1) is 31.4 Å². The van der Waals surface area contributed by atoms with Crippen LogP contribution in [0.3, 0.4) is 0 Å². The minimum Gasteiger partial charge on any atom is -0.497 e. The van der Waals surface area contributed by atoms with Crippen molar-refractivity contribution in [2.24, 2.45) is 0 Å².